The summed E-state index contributed by atoms with van der Waals surface area (Å²) in [5.74, 6) is 1.05. The molecule has 0 radical (unpaired) electrons. The van der Waals surface area contributed by atoms with Gasteiger partial charge in [0.25, 0.3) is 0 Å². The van der Waals surface area contributed by atoms with Gasteiger partial charge in [-0.1, -0.05) is 72.8 Å². The highest BCUT2D eigenvalue weighted by Gasteiger charge is 2.27. The summed E-state index contributed by atoms with van der Waals surface area (Å²) in [6.45, 7) is 5.93. The molecular formula is C44H50N6O. The number of para-hydroxylation sites is 4. The Hall–Kier alpha value is -4.59. The lowest BCUT2D eigenvalue weighted by Crippen LogP contribution is -2.37. The second-order valence-electron chi connectivity index (χ2n) is 14.9. The average molecular weight is 679 g/mol. The van der Waals surface area contributed by atoms with Crippen LogP contribution in [0.3, 0.4) is 0 Å². The molecule has 51 heavy (non-hydrogen) atoms. The van der Waals surface area contributed by atoms with Crippen LogP contribution in [0.4, 0.5) is 0 Å². The molecule has 0 saturated carbocycles. The number of hydrogen-bond acceptors (Lipinski definition) is 5. The minimum atomic E-state index is 0.243. The van der Waals surface area contributed by atoms with E-state index in [0.29, 0.717) is 12.1 Å². The Morgan fingerprint density at radius 2 is 1.04 bits per heavy atom. The molecule has 7 nitrogen and oxygen atoms in total. The number of rotatable bonds is 5. The van der Waals surface area contributed by atoms with Crippen molar-refractivity contribution in [1.29, 1.82) is 0 Å². The van der Waals surface area contributed by atoms with Gasteiger partial charge in [-0.05, 0) is 117 Å². The van der Waals surface area contributed by atoms with E-state index in [1.165, 1.54) is 80.3 Å². The van der Waals surface area contributed by atoms with Crippen molar-refractivity contribution in [3.63, 3.8) is 0 Å². The lowest BCUT2D eigenvalue weighted by Gasteiger charge is -2.34. The molecule has 0 unspecified atom stereocenters. The fourth-order valence-corrected chi connectivity index (χ4v) is 8.84. The third-order valence-corrected chi connectivity index (χ3v) is 11.5. The molecule has 0 amide bonds. The van der Waals surface area contributed by atoms with Gasteiger partial charge in [0.1, 0.15) is 6.29 Å². The summed E-state index contributed by atoms with van der Waals surface area (Å²) < 4.78 is 4.73. The van der Waals surface area contributed by atoms with E-state index in [1.54, 1.807) is 11.1 Å². The fraction of sp³-hybridized carbons (Fsp3) is 0.386. The molecule has 4 aromatic carbocycles. The van der Waals surface area contributed by atoms with Gasteiger partial charge in [0.05, 0.1) is 34.7 Å². The Labute approximate surface area is 301 Å². The zero-order valence-electron chi connectivity index (χ0n) is 29.6. The molecule has 6 aromatic rings. The first-order chi connectivity index (χ1) is 25.2. The monoisotopic (exact) mass is 678 g/mol. The van der Waals surface area contributed by atoms with Crippen LogP contribution in [0.5, 0.6) is 0 Å². The van der Waals surface area contributed by atoms with Crippen molar-refractivity contribution in [1.82, 2.24) is 29.3 Å². The van der Waals surface area contributed by atoms with E-state index < -0.39 is 0 Å². The first-order valence-electron chi connectivity index (χ1n) is 19.1. The molecular weight excluding hydrogens is 629 g/mol. The number of fused-ring (bicyclic) bond motifs is 4. The highest BCUT2D eigenvalue weighted by Crippen LogP contribution is 2.31. The molecule has 2 aliphatic heterocycles. The van der Waals surface area contributed by atoms with Crippen molar-refractivity contribution in [3.8, 4) is 0 Å². The predicted octanol–water partition coefficient (Wildman–Crippen LogP) is 7.65. The maximum absolute atomic E-state index is 10.5. The standard InChI is InChI=1S/C22H25N3.C12H15N3.C10H10O/c1-2-6-19-14-17(13-18(19)5-1)15-24-11-9-20(10-12-24)25-16-23-21-7-3-4-8-22(21)25;1-2-4-12-11(3-1)14-9-15(12)10-5-7-13-8-6-10;11-7-8-5-9-3-1-2-4-10(9)6-8/h1-8,16-17,20H,9-15H2;1-4,9-10,13H,5-8H2;1-4,7-8H,5-6H2. The number of hydrogen-bond donors (Lipinski definition) is 1. The molecule has 0 bridgehead atoms. The number of imidazole rings is 2. The van der Waals surface area contributed by atoms with Gasteiger partial charge in [-0.15, -0.1) is 0 Å². The van der Waals surface area contributed by atoms with Crippen LogP contribution in [0, 0.1) is 11.8 Å². The number of nitrogens with one attached hydrogen (secondary N) is 1. The van der Waals surface area contributed by atoms with Gasteiger partial charge in [0, 0.05) is 37.6 Å². The predicted molar refractivity (Wildman–Crippen MR) is 206 cm³/mol. The summed E-state index contributed by atoms with van der Waals surface area (Å²) in [6, 6.07) is 35.4. The zero-order chi connectivity index (χ0) is 34.4. The summed E-state index contributed by atoms with van der Waals surface area (Å²) in [4.78, 5) is 22.2. The van der Waals surface area contributed by atoms with Crippen LogP contribution in [0.25, 0.3) is 22.1 Å². The fourth-order valence-electron chi connectivity index (χ4n) is 8.84. The number of piperidine rings is 2. The number of carbonyl (C=O) groups is 1. The van der Waals surface area contributed by atoms with Gasteiger partial charge in [-0.25, -0.2) is 9.97 Å². The van der Waals surface area contributed by atoms with E-state index in [1.807, 2.05) is 30.9 Å². The molecule has 0 atom stereocenters. The number of nitrogens with zero attached hydrogens (tertiary/aromatic N) is 5. The lowest BCUT2D eigenvalue weighted by molar-refractivity contribution is -0.110. The van der Waals surface area contributed by atoms with E-state index >= 15 is 0 Å². The van der Waals surface area contributed by atoms with Crippen LogP contribution < -0.4 is 5.32 Å². The van der Waals surface area contributed by atoms with Crippen molar-refractivity contribution < 1.29 is 4.79 Å². The smallest absolute Gasteiger partial charge is 0.123 e. The average Bonchev–Trinajstić information content (AvgIpc) is 4.00. The Morgan fingerprint density at radius 1 is 0.588 bits per heavy atom. The third-order valence-electron chi connectivity index (χ3n) is 11.5. The maximum Gasteiger partial charge on any atom is 0.123 e. The Balaban J connectivity index is 0.000000122. The van der Waals surface area contributed by atoms with Crippen molar-refractivity contribution >= 4 is 28.4 Å². The van der Waals surface area contributed by atoms with Crippen LogP contribution in [0.15, 0.2) is 110 Å². The topological polar surface area (TPSA) is 68.0 Å². The molecule has 262 valence electrons. The number of aldehydes is 1. The maximum atomic E-state index is 10.5. The van der Waals surface area contributed by atoms with Crippen LogP contribution >= 0.6 is 0 Å². The molecule has 7 heteroatoms. The second kappa shape index (κ2) is 15.7. The number of benzene rings is 4. The van der Waals surface area contributed by atoms with Crippen LogP contribution in [-0.4, -0.2) is 63.0 Å². The summed E-state index contributed by atoms with van der Waals surface area (Å²) in [7, 11) is 0. The van der Waals surface area contributed by atoms with Crippen LogP contribution in [0.1, 0.15) is 60.0 Å². The van der Waals surface area contributed by atoms with Crippen LogP contribution in [0.2, 0.25) is 0 Å². The highest BCUT2D eigenvalue weighted by atomic mass is 16.1. The first-order valence-corrected chi connectivity index (χ1v) is 19.1. The molecule has 2 aromatic heterocycles. The van der Waals surface area contributed by atoms with Crippen molar-refractivity contribution in [2.24, 2.45) is 11.8 Å². The molecule has 4 aliphatic rings. The van der Waals surface area contributed by atoms with E-state index in [2.05, 4.69) is 108 Å². The van der Waals surface area contributed by atoms with Gasteiger partial charge in [0.15, 0.2) is 0 Å². The summed E-state index contributed by atoms with van der Waals surface area (Å²) in [6.07, 6.45) is 14.4. The summed E-state index contributed by atoms with van der Waals surface area (Å²) in [5, 5.41) is 3.39. The van der Waals surface area contributed by atoms with Gasteiger partial charge < -0.3 is 24.1 Å². The number of carbonyl (C=O) groups excluding carboxylic acids is 1. The first kappa shape index (κ1) is 33.5. The van der Waals surface area contributed by atoms with Gasteiger partial charge in [-0.2, -0.15) is 0 Å². The molecule has 2 fully saturated rings. The molecule has 4 heterocycles. The quantitative estimate of drug-likeness (QED) is 0.190. The molecule has 2 saturated heterocycles. The Morgan fingerprint density at radius 3 is 1.55 bits per heavy atom. The highest BCUT2D eigenvalue weighted by molar-refractivity contribution is 5.75. The van der Waals surface area contributed by atoms with E-state index in [-0.39, 0.29) is 5.92 Å². The van der Waals surface area contributed by atoms with E-state index in [0.717, 1.165) is 49.2 Å². The van der Waals surface area contributed by atoms with Crippen molar-refractivity contribution in [3.05, 3.63) is 132 Å². The van der Waals surface area contributed by atoms with E-state index in [9.17, 15) is 4.79 Å². The normalized spacial score (nSPS) is 18.5. The van der Waals surface area contributed by atoms with E-state index in [4.69, 9.17) is 0 Å². The largest absolute Gasteiger partial charge is 0.327 e. The molecule has 0 spiro atoms. The number of aromatic nitrogens is 4. The summed E-state index contributed by atoms with van der Waals surface area (Å²) in [5.41, 5.74) is 10.6. The Bertz CT molecular complexity index is 2000. The minimum Gasteiger partial charge on any atom is -0.327 e. The third kappa shape index (κ3) is 7.70. The summed E-state index contributed by atoms with van der Waals surface area (Å²) >= 11 is 0. The Kier molecular flexibility index (Phi) is 10.4. The second-order valence-corrected chi connectivity index (χ2v) is 14.9. The molecule has 10 rings (SSSR count). The van der Waals surface area contributed by atoms with Crippen LogP contribution in [-0.2, 0) is 30.5 Å². The van der Waals surface area contributed by atoms with Gasteiger partial charge >= 0.3 is 0 Å². The van der Waals surface area contributed by atoms with Gasteiger partial charge in [-0.3, -0.25) is 0 Å². The lowest BCUT2D eigenvalue weighted by atomic mass is 10.0. The SMILES string of the molecule is O=CC1Cc2ccccc2C1.c1ccc2c(c1)CC(CN1CCC(n3cnc4ccccc43)CC1)C2.c1ccc2c(c1)ncn2C1CCNCC1. The minimum absolute atomic E-state index is 0.243. The molecule has 2 aliphatic carbocycles. The van der Waals surface area contributed by atoms with Crippen molar-refractivity contribution in [2.45, 2.75) is 63.5 Å². The van der Waals surface area contributed by atoms with Gasteiger partial charge in [0.2, 0.25) is 0 Å². The number of likely N-dealkylation sites (tertiary alicyclic amines) is 1. The molecule has 1 N–H and O–H groups in total. The van der Waals surface area contributed by atoms with Crippen molar-refractivity contribution in [2.75, 3.05) is 32.7 Å². The zero-order valence-corrected chi connectivity index (χ0v) is 29.6.